The van der Waals surface area contributed by atoms with E-state index in [0.29, 0.717) is 18.0 Å². The maximum Gasteiger partial charge on any atom is 0.243 e. The Kier molecular flexibility index (Phi) is 4.11. The summed E-state index contributed by atoms with van der Waals surface area (Å²) in [6, 6.07) is 5.65. The molecule has 6 nitrogen and oxygen atoms in total. The Bertz CT molecular complexity index is 874. The number of carbonyl (C=O) groups is 1. The maximum absolute atomic E-state index is 13.1. The van der Waals surface area contributed by atoms with E-state index in [-0.39, 0.29) is 17.4 Å². The number of sulfonamides is 1. The minimum absolute atomic E-state index is 0.0152. The molecule has 3 aliphatic heterocycles. The molecule has 1 unspecified atom stereocenters. The van der Waals surface area contributed by atoms with E-state index < -0.39 is 10.0 Å². The molecule has 0 saturated carbocycles. The Labute approximate surface area is 161 Å². The summed E-state index contributed by atoms with van der Waals surface area (Å²) in [6.45, 7) is 3.68. The van der Waals surface area contributed by atoms with Crippen LogP contribution in [0.5, 0.6) is 0 Å². The smallest absolute Gasteiger partial charge is 0.243 e. The van der Waals surface area contributed by atoms with Crippen molar-refractivity contribution in [3.05, 3.63) is 29.3 Å². The normalized spacial score (nSPS) is 28.1. The molecule has 7 heteroatoms. The molecule has 1 aromatic carbocycles. The third kappa shape index (κ3) is 2.91. The number of carbonyl (C=O) groups excluding carboxylic acids is 1. The van der Waals surface area contributed by atoms with Gasteiger partial charge in [0.05, 0.1) is 10.9 Å². The lowest BCUT2D eigenvalue weighted by atomic mass is 9.77. The average molecular weight is 390 g/mol. The van der Waals surface area contributed by atoms with E-state index in [1.807, 2.05) is 12.1 Å². The van der Waals surface area contributed by atoms with Crippen molar-refractivity contribution in [2.45, 2.75) is 49.5 Å². The lowest BCUT2D eigenvalue weighted by Crippen LogP contribution is -2.52. The molecule has 1 atom stereocenters. The molecule has 1 spiro atoms. The first-order chi connectivity index (χ1) is 13.0. The summed E-state index contributed by atoms with van der Waals surface area (Å²) in [5.74, 6) is 0.145. The molecular formula is C20H27N3O3S. The Hall–Kier alpha value is -1.44. The van der Waals surface area contributed by atoms with Crippen LogP contribution in [-0.4, -0.2) is 62.3 Å². The van der Waals surface area contributed by atoms with Crippen LogP contribution in [-0.2, 0) is 27.7 Å². The molecule has 1 aromatic rings. The molecule has 3 saturated heterocycles. The second-order valence-electron chi connectivity index (χ2n) is 8.67. The summed E-state index contributed by atoms with van der Waals surface area (Å²) in [5, 5.41) is 2.96. The highest BCUT2D eigenvalue weighted by atomic mass is 32.2. The van der Waals surface area contributed by atoms with Crippen LogP contribution in [0.3, 0.4) is 0 Å². The van der Waals surface area contributed by atoms with Crippen LogP contribution in [0.1, 0.15) is 36.8 Å². The first kappa shape index (κ1) is 17.6. The summed E-state index contributed by atoms with van der Waals surface area (Å²) in [4.78, 5) is 14.9. The van der Waals surface area contributed by atoms with Gasteiger partial charge in [0, 0.05) is 32.7 Å². The molecule has 4 aliphatic rings. The lowest BCUT2D eigenvalue weighted by Gasteiger charge is -2.38. The number of nitrogens with zero attached hydrogens (tertiary/aromatic N) is 2. The number of piperazine rings is 1. The number of rotatable bonds is 2. The Balaban J connectivity index is 1.31. The summed E-state index contributed by atoms with van der Waals surface area (Å²) in [5.41, 5.74) is 2.59. The van der Waals surface area contributed by atoms with E-state index in [0.717, 1.165) is 58.2 Å². The van der Waals surface area contributed by atoms with Gasteiger partial charge in [-0.15, -0.1) is 0 Å². The third-order valence-corrected chi connectivity index (χ3v) is 8.99. The van der Waals surface area contributed by atoms with Crippen molar-refractivity contribution in [1.82, 2.24) is 14.5 Å². The molecule has 27 heavy (non-hydrogen) atoms. The van der Waals surface area contributed by atoms with E-state index in [4.69, 9.17) is 0 Å². The van der Waals surface area contributed by atoms with Crippen LogP contribution < -0.4 is 5.32 Å². The molecule has 3 heterocycles. The molecule has 0 bridgehead atoms. The summed E-state index contributed by atoms with van der Waals surface area (Å²) in [6.07, 6.45) is 5.73. The second-order valence-corrected chi connectivity index (χ2v) is 10.6. The van der Waals surface area contributed by atoms with Crippen LogP contribution in [0, 0.1) is 5.41 Å². The lowest BCUT2D eigenvalue weighted by molar-refractivity contribution is -0.127. The van der Waals surface area contributed by atoms with Gasteiger partial charge in [-0.2, -0.15) is 4.31 Å². The van der Waals surface area contributed by atoms with Crippen LogP contribution in [0.25, 0.3) is 0 Å². The van der Waals surface area contributed by atoms with Crippen molar-refractivity contribution in [3.63, 3.8) is 0 Å². The fourth-order valence-corrected chi connectivity index (χ4v) is 6.99. The number of nitrogens with one attached hydrogen (secondary N) is 1. The predicted molar refractivity (Wildman–Crippen MR) is 102 cm³/mol. The zero-order valence-corrected chi connectivity index (χ0v) is 16.4. The van der Waals surface area contributed by atoms with Gasteiger partial charge >= 0.3 is 0 Å². The number of fused-ring (bicyclic) bond motifs is 2. The molecule has 5 rings (SSSR count). The Morgan fingerprint density at radius 2 is 1.85 bits per heavy atom. The molecule has 3 fully saturated rings. The standard InChI is InChI=1S/C20H27N3O3S/c24-19-18-13-20(14-22(18)11-8-21-19)6-9-23(10-7-20)27(25,26)17-5-4-15-2-1-3-16(15)12-17/h4-5,12,18H,1-3,6-11,13-14H2,(H,21,24). The Morgan fingerprint density at radius 3 is 2.63 bits per heavy atom. The van der Waals surface area contributed by atoms with Gasteiger partial charge in [0.2, 0.25) is 15.9 Å². The second kappa shape index (κ2) is 6.29. The van der Waals surface area contributed by atoms with Crippen molar-refractivity contribution >= 4 is 15.9 Å². The quantitative estimate of drug-likeness (QED) is 0.824. The van der Waals surface area contributed by atoms with Crippen molar-refractivity contribution in [3.8, 4) is 0 Å². The van der Waals surface area contributed by atoms with E-state index in [1.54, 1.807) is 10.4 Å². The highest BCUT2D eigenvalue weighted by molar-refractivity contribution is 7.89. The summed E-state index contributed by atoms with van der Waals surface area (Å²) >= 11 is 0. The number of aryl methyl sites for hydroxylation is 2. The molecule has 1 aliphatic carbocycles. The van der Waals surface area contributed by atoms with Gasteiger partial charge < -0.3 is 5.32 Å². The summed E-state index contributed by atoms with van der Waals surface area (Å²) in [7, 11) is -3.43. The van der Waals surface area contributed by atoms with Gasteiger partial charge in [-0.1, -0.05) is 6.07 Å². The van der Waals surface area contributed by atoms with E-state index in [2.05, 4.69) is 10.2 Å². The number of hydrogen-bond donors (Lipinski definition) is 1. The molecule has 1 N–H and O–H groups in total. The van der Waals surface area contributed by atoms with Gasteiger partial charge in [0.25, 0.3) is 0 Å². The summed E-state index contributed by atoms with van der Waals surface area (Å²) < 4.78 is 27.9. The van der Waals surface area contributed by atoms with Crippen molar-refractivity contribution in [2.24, 2.45) is 5.41 Å². The van der Waals surface area contributed by atoms with Gasteiger partial charge in [0.1, 0.15) is 0 Å². The van der Waals surface area contributed by atoms with Gasteiger partial charge in [-0.05, 0) is 67.2 Å². The van der Waals surface area contributed by atoms with Crippen molar-refractivity contribution < 1.29 is 13.2 Å². The van der Waals surface area contributed by atoms with Gasteiger partial charge in [-0.25, -0.2) is 8.42 Å². The van der Waals surface area contributed by atoms with Gasteiger partial charge in [0.15, 0.2) is 0 Å². The first-order valence-corrected chi connectivity index (χ1v) is 11.5. The fraction of sp³-hybridized carbons (Fsp3) is 0.650. The molecule has 0 aromatic heterocycles. The average Bonchev–Trinajstić information content (AvgIpc) is 3.26. The highest BCUT2D eigenvalue weighted by Gasteiger charge is 2.49. The fourth-order valence-electron chi connectivity index (χ4n) is 5.50. The van der Waals surface area contributed by atoms with E-state index >= 15 is 0 Å². The highest BCUT2D eigenvalue weighted by Crippen LogP contribution is 2.44. The van der Waals surface area contributed by atoms with Crippen LogP contribution in [0.15, 0.2) is 23.1 Å². The van der Waals surface area contributed by atoms with E-state index in [1.165, 1.54) is 11.1 Å². The molecule has 146 valence electrons. The minimum atomic E-state index is -3.43. The predicted octanol–water partition coefficient (Wildman–Crippen LogP) is 1.15. The largest absolute Gasteiger partial charge is 0.353 e. The molecule has 0 radical (unpaired) electrons. The van der Waals surface area contributed by atoms with Crippen LogP contribution in [0.2, 0.25) is 0 Å². The zero-order chi connectivity index (χ0) is 18.6. The SMILES string of the molecule is O=C1NCCN2CC3(CCN(S(=O)(=O)c4ccc5c(c4)CCC5)CC3)CC12. The zero-order valence-electron chi connectivity index (χ0n) is 15.6. The van der Waals surface area contributed by atoms with Gasteiger partial charge in [-0.3, -0.25) is 9.69 Å². The van der Waals surface area contributed by atoms with Crippen molar-refractivity contribution in [2.75, 3.05) is 32.7 Å². The minimum Gasteiger partial charge on any atom is -0.353 e. The topological polar surface area (TPSA) is 69.7 Å². The monoisotopic (exact) mass is 389 g/mol. The van der Waals surface area contributed by atoms with Crippen LogP contribution >= 0.6 is 0 Å². The molecular weight excluding hydrogens is 362 g/mol. The first-order valence-electron chi connectivity index (χ1n) is 10.1. The number of hydrogen-bond acceptors (Lipinski definition) is 4. The van der Waals surface area contributed by atoms with E-state index in [9.17, 15) is 13.2 Å². The number of piperidine rings is 1. The number of benzene rings is 1. The van der Waals surface area contributed by atoms with Crippen molar-refractivity contribution in [1.29, 1.82) is 0 Å². The Morgan fingerprint density at radius 1 is 1.07 bits per heavy atom. The van der Waals surface area contributed by atoms with Crippen LogP contribution in [0.4, 0.5) is 0 Å². The third-order valence-electron chi connectivity index (χ3n) is 7.10. The molecule has 1 amide bonds. The number of amides is 1. The maximum atomic E-state index is 13.1.